The van der Waals surface area contributed by atoms with E-state index in [0.29, 0.717) is 24.4 Å². The van der Waals surface area contributed by atoms with Crippen molar-refractivity contribution in [3.05, 3.63) is 35.5 Å². The van der Waals surface area contributed by atoms with Gasteiger partial charge in [0.15, 0.2) is 0 Å². The second-order valence-electron chi connectivity index (χ2n) is 4.85. The van der Waals surface area contributed by atoms with Gasteiger partial charge >= 0.3 is 0 Å². The number of nitrogens with zero attached hydrogens (tertiary/aromatic N) is 4. The number of aryl methyl sites for hydroxylation is 1. The first kappa shape index (κ1) is 13.5. The van der Waals surface area contributed by atoms with Crippen LogP contribution in [0.3, 0.4) is 0 Å². The topological polar surface area (TPSA) is 81.9 Å². The monoisotopic (exact) mass is 287 g/mol. The number of ether oxygens (including phenoxy) is 1. The van der Waals surface area contributed by atoms with E-state index in [0.717, 1.165) is 31.0 Å². The molecule has 1 aliphatic rings. The Hall–Kier alpha value is -2.44. The number of aromatic nitrogens is 4. The summed E-state index contributed by atoms with van der Waals surface area (Å²) in [5.74, 6) is 2.12. The van der Waals surface area contributed by atoms with Crippen molar-refractivity contribution in [2.45, 2.75) is 25.8 Å². The first-order valence-electron chi connectivity index (χ1n) is 6.97. The molecule has 110 valence electrons. The average Bonchev–Trinajstić information content (AvgIpc) is 3.11. The van der Waals surface area contributed by atoms with Crippen LogP contribution in [0.4, 0.5) is 0 Å². The highest BCUT2D eigenvalue weighted by Crippen LogP contribution is 2.15. The van der Waals surface area contributed by atoms with Crippen molar-refractivity contribution in [3.8, 4) is 5.88 Å². The number of rotatable bonds is 5. The van der Waals surface area contributed by atoms with Gasteiger partial charge in [-0.05, 0) is 18.6 Å². The van der Waals surface area contributed by atoms with Gasteiger partial charge in [-0.25, -0.2) is 4.98 Å². The van der Waals surface area contributed by atoms with Crippen molar-refractivity contribution in [3.63, 3.8) is 0 Å². The van der Waals surface area contributed by atoms with E-state index in [1.54, 1.807) is 18.3 Å². The number of hydrogen-bond donors (Lipinski definition) is 1. The lowest BCUT2D eigenvalue weighted by molar-refractivity contribution is 0.0950. The van der Waals surface area contributed by atoms with Crippen molar-refractivity contribution >= 4 is 5.91 Å². The van der Waals surface area contributed by atoms with Gasteiger partial charge in [0, 0.05) is 32.1 Å². The molecule has 0 spiro atoms. The summed E-state index contributed by atoms with van der Waals surface area (Å²) in [6, 6.07) is 3.40. The van der Waals surface area contributed by atoms with Crippen LogP contribution in [0.5, 0.6) is 5.88 Å². The lowest BCUT2D eigenvalue weighted by Gasteiger charge is -2.08. The maximum atomic E-state index is 12.1. The number of methoxy groups -OCH3 is 1. The molecule has 3 heterocycles. The predicted molar refractivity (Wildman–Crippen MR) is 75.2 cm³/mol. The van der Waals surface area contributed by atoms with Gasteiger partial charge in [0.1, 0.15) is 17.2 Å². The summed E-state index contributed by atoms with van der Waals surface area (Å²) in [5.41, 5.74) is 0.437. The molecule has 1 N–H and O–H groups in total. The molecule has 0 saturated carbocycles. The van der Waals surface area contributed by atoms with Gasteiger partial charge in [0.2, 0.25) is 5.88 Å². The molecule has 7 heteroatoms. The van der Waals surface area contributed by atoms with E-state index in [9.17, 15) is 4.79 Å². The van der Waals surface area contributed by atoms with Gasteiger partial charge in [0.05, 0.1) is 7.11 Å². The summed E-state index contributed by atoms with van der Waals surface area (Å²) in [5, 5.41) is 11.2. The fraction of sp³-hybridized carbons (Fsp3) is 0.429. The average molecular weight is 287 g/mol. The molecule has 0 radical (unpaired) electrons. The highest BCUT2D eigenvalue weighted by molar-refractivity contribution is 5.96. The van der Waals surface area contributed by atoms with Crippen LogP contribution in [-0.4, -0.2) is 39.3 Å². The van der Waals surface area contributed by atoms with Crippen molar-refractivity contribution in [2.75, 3.05) is 13.7 Å². The minimum atomic E-state index is -0.193. The Labute approximate surface area is 122 Å². The molecule has 7 nitrogen and oxygen atoms in total. The highest BCUT2D eigenvalue weighted by Gasteiger charge is 2.17. The Kier molecular flexibility index (Phi) is 3.81. The smallest absolute Gasteiger partial charge is 0.256 e. The summed E-state index contributed by atoms with van der Waals surface area (Å²) in [4.78, 5) is 16.1. The zero-order chi connectivity index (χ0) is 14.7. The molecule has 2 aromatic heterocycles. The molecule has 0 unspecified atom stereocenters. The van der Waals surface area contributed by atoms with E-state index < -0.39 is 0 Å². The highest BCUT2D eigenvalue weighted by atomic mass is 16.5. The lowest BCUT2D eigenvalue weighted by Crippen LogP contribution is -2.27. The molecule has 0 bridgehead atoms. The van der Waals surface area contributed by atoms with Gasteiger partial charge < -0.3 is 14.6 Å². The maximum absolute atomic E-state index is 12.1. The van der Waals surface area contributed by atoms with Gasteiger partial charge in [0.25, 0.3) is 5.91 Å². The van der Waals surface area contributed by atoms with Crippen LogP contribution >= 0.6 is 0 Å². The first-order valence-corrected chi connectivity index (χ1v) is 6.97. The van der Waals surface area contributed by atoms with Crippen LogP contribution in [0.2, 0.25) is 0 Å². The summed E-state index contributed by atoms with van der Waals surface area (Å²) < 4.78 is 7.22. The van der Waals surface area contributed by atoms with Gasteiger partial charge in [-0.1, -0.05) is 0 Å². The molecular weight excluding hydrogens is 270 g/mol. The van der Waals surface area contributed by atoms with E-state index in [2.05, 4.69) is 25.1 Å². The normalized spacial score (nSPS) is 13.0. The van der Waals surface area contributed by atoms with Crippen molar-refractivity contribution in [2.24, 2.45) is 0 Å². The molecule has 0 fully saturated rings. The van der Waals surface area contributed by atoms with Crippen LogP contribution in [0, 0.1) is 0 Å². The zero-order valence-electron chi connectivity index (χ0n) is 11.9. The van der Waals surface area contributed by atoms with Crippen molar-refractivity contribution in [1.82, 2.24) is 25.1 Å². The number of pyridine rings is 1. The largest absolute Gasteiger partial charge is 0.480 e. The third-order valence-corrected chi connectivity index (χ3v) is 3.53. The summed E-state index contributed by atoms with van der Waals surface area (Å²) in [7, 11) is 1.50. The molecule has 0 saturated heterocycles. The summed E-state index contributed by atoms with van der Waals surface area (Å²) in [6.07, 6.45) is 4.37. The van der Waals surface area contributed by atoms with Gasteiger partial charge in [-0.15, -0.1) is 10.2 Å². The van der Waals surface area contributed by atoms with E-state index in [4.69, 9.17) is 4.74 Å². The molecule has 1 aliphatic heterocycles. The Morgan fingerprint density at radius 3 is 3.24 bits per heavy atom. The van der Waals surface area contributed by atoms with E-state index in [1.807, 2.05) is 0 Å². The standard InChI is InChI=1S/C14H17N5O2/c1-21-14-10(4-2-7-16-14)13(20)15-8-6-12-18-17-11-5-3-9-19(11)12/h2,4,7H,3,5-6,8-9H2,1H3,(H,15,20). The van der Waals surface area contributed by atoms with Crippen LogP contribution in [0.15, 0.2) is 18.3 Å². The second kappa shape index (κ2) is 5.90. The predicted octanol–water partition coefficient (Wildman–Crippen LogP) is 0.600. The van der Waals surface area contributed by atoms with Crippen LogP contribution in [0.25, 0.3) is 0 Å². The molecule has 0 atom stereocenters. The zero-order valence-corrected chi connectivity index (χ0v) is 11.9. The van der Waals surface area contributed by atoms with Crippen LogP contribution < -0.4 is 10.1 Å². The SMILES string of the molecule is COc1ncccc1C(=O)NCCc1nnc2n1CCC2. The molecular formula is C14H17N5O2. The van der Waals surface area contributed by atoms with Crippen LogP contribution in [0.1, 0.15) is 28.4 Å². The molecule has 0 aliphatic carbocycles. The molecule has 21 heavy (non-hydrogen) atoms. The molecule has 3 rings (SSSR count). The number of nitrogens with one attached hydrogen (secondary N) is 1. The maximum Gasteiger partial charge on any atom is 0.256 e. The number of fused-ring (bicyclic) bond motifs is 1. The second-order valence-corrected chi connectivity index (χ2v) is 4.85. The van der Waals surface area contributed by atoms with Crippen molar-refractivity contribution in [1.29, 1.82) is 0 Å². The minimum absolute atomic E-state index is 0.193. The van der Waals surface area contributed by atoms with E-state index in [1.165, 1.54) is 7.11 Å². The molecule has 0 aromatic carbocycles. The Morgan fingerprint density at radius 2 is 2.38 bits per heavy atom. The summed E-state index contributed by atoms with van der Waals surface area (Å²) >= 11 is 0. The Balaban J connectivity index is 1.59. The van der Waals surface area contributed by atoms with Gasteiger partial charge in [-0.2, -0.15) is 0 Å². The Morgan fingerprint density at radius 1 is 1.48 bits per heavy atom. The minimum Gasteiger partial charge on any atom is -0.480 e. The summed E-state index contributed by atoms with van der Waals surface area (Å²) in [6.45, 7) is 1.48. The quantitative estimate of drug-likeness (QED) is 0.871. The van der Waals surface area contributed by atoms with Crippen LogP contribution in [-0.2, 0) is 19.4 Å². The van der Waals surface area contributed by atoms with E-state index >= 15 is 0 Å². The molecule has 1 amide bonds. The first-order chi connectivity index (χ1) is 10.3. The Bertz CT molecular complexity index is 653. The fourth-order valence-electron chi connectivity index (χ4n) is 2.51. The lowest BCUT2D eigenvalue weighted by atomic mass is 10.2. The fourth-order valence-corrected chi connectivity index (χ4v) is 2.51. The third kappa shape index (κ3) is 2.72. The van der Waals surface area contributed by atoms with Gasteiger partial charge in [-0.3, -0.25) is 4.79 Å². The number of hydrogen-bond acceptors (Lipinski definition) is 5. The third-order valence-electron chi connectivity index (χ3n) is 3.53. The number of carbonyl (C=O) groups is 1. The van der Waals surface area contributed by atoms with E-state index in [-0.39, 0.29) is 5.91 Å². The molecule has 2 aromatic rings. The van der Waals surface area contributed by atoms with Crippen molar-refractivity contribution < 1.29 is 9.53 Å². The number of carbonyl (C=O) groups excluding carboxylic acids is 1. The number of amides is 1.